The predicted octanol–water partition coefficient (Wildman–Crippen LogP) is 4.07. The van der Waals surface area contributed by atoms with E-state index in [9.17, 15) is 8.42 Å². The Labute approximate surface area is 156 Å². The fourth-order valence-corrected chi connectivity index (χ4v) is 3.41. The van der Waals surface area contributed by atoms with E-state index in [2.05, 4.69) is 10.6 Å². The fraction of sp³-hybridized carbons (Fsp3) is 0.133. The van der Waals surface area contributed by atoms with Crippen molar-refractivity contribution in [2.24, 2.45) is 5.14 Å². The third kappa shape index (κ3) is 4.81. The summed E-state index contributed by atoms with van der Waals surface area (Å²) in [6, 6.07) is 7.90. The largest absolute Gasteiger partial charge is 0.332 e. The van der Waals surface area contributed by atoms with Gasteiger partial charge in [0.15, 0.2) is 5.11 Å². The lowest BCUT2D eigenvalue weighted by Crippen LogP contribution is -2.21. The van der Waals surface area contributed by atoms with E-state index < -0.39 is 10.0 Å². The highest BCUT2D eigenvalue weighted by atomic mass is 35.5. The molecule has 0 saturated heterocycles. The molecule has 0 heterocycles. The Morgan fingerprint density at radius 3 is 2.17 bits per heavy atom. The zero-order chi connectivity index (χ0) is 18.1. The number of nitrogens with two attached hydrogens (primary N) is 1. The van der Waals surface area contributed by atoms with Gasteiger partial charge < -0.3 is 10.6 Å². The van der Waals surface area contributed by atoms with Gasteiger partial charge in [-0.1, -0.05) is 23.2 Å². The van der Waals surface area contributed by atoms with E-state index in [-0.39, 0.29) is 10.0 Å². The fourth-order valence-electron chi connectivity index (χ4n) is 2.03. The highest BCUT2D eigenvalue weighted by Gasteiger charge is 2.13. The molecule has 0 fully saturated rings. The second-order valence-electron chi connectivity index (χ2n) is 5.19. The zero-order valence-electron chi connectivity index (χ0n) is 12.9. The maximum absolute atomic E-state index is 11.6. The van der Waals surface area contributed by atoms with Crippen LogP contribution >= 0.6 is 35.4 Å². The summed E-state index contributed by atoms with van der Waals surface area (Å²) in [7, 11) is -3.81. The van der Waals surface area contributed by atoms with Crippen LogP contribution in [0.3, 0.4) is 0 Å². The first-order valence-corrected chi connectivity index (χ1v) is 9.45. The molecule has 128 valence electrons. The SMILES string of the molecule is Cc1cc(S(N)(=O)=O)cc(NC(=S)Nc2cc(Cl)cc(Cl)c2)c1C. The van der Waals surface area contributed by atoms with E-state index >= 15 is 0 Å². The Bertz CT molecular complexity index is 895. The van der Waals surface area contributed by atoms with Gasteiger partial charge in [-0.15, -0.1) is 0 Å². The molecule has 5 nitrogen and oxygen atoms in total. The highest BCUT2D eigenvalue weighted by Crippen LogP contribution is 2.25. The molecule has 2 aromatic carbocycles. The van der Waals surface area contributed by atoms with Crippen LogP contribution in [0.4, 0.5) is 11.4 Å². The minimum absolute atomic E-state index is 0.0155. The summed E-state index contributed by atoms with van der Waals surface area (Å²) >= 11 is 17.1. The molecule has 0 radical (unpaired) electrons. The van der Waals surface area contributed by atoms with Gasteiger partial charge in [-0.3, -0.25) is 0 Å². The van der Waals surface area contributed by atoms with Crippen LogP contribution in [-0.4, -0.2) is 13.5 Å². The Morgan fingerprint density at radius 2 is 1.62 bits per heavy atom. The standard InChI is InChI=1S/C15H15Cl2N3O2S2/c1-8-3-13(24(18,21)22)7-14(9(8)2)20-15(23)19-12-5-10(16)4-11(17)6-12/h3-7H,1-2H3,(H2,18,21,22)(H2,19,20,23). The first-order chi connectivity index (χ1) is 11.1. The van der Waals surface area contributed by atoms with Crippen molar-refractivity contribution in [1.29, 1.82) is 0 Å². The van der Waals surface area contributed by atoms with Crippen LogP contribution in [-0.2, 0) is 10.0 Å². The monoisotopic (exact) mass is 403 g/mol. The number of benzene rings is 2. The van der Waals surface area contributed by atoms with E-state index in [1.54, 1.807) is 25.1 Å². The number of primary sulfonamides is 1. The lowest BCUT2D eigenvalue weighted by atomic mass is 10.1. The Morgan fingerprint density at radius 1 is 1.04 bits per heavy atom. The van der Waals surface area contributed by atoms with Gasteiger partial charge in [0.05, 0.1) is 4.90 Å². The number of thiocarbonyl (C=S) groups is 1. The van der Waals surface area contributed by atoms with Crippen molar-refractivity contribution in [3.05, 3.63) is 51.5 Å². The molecule has 0 atom stereocenters. The molecule has 0 unspecified atom stereocenters. The molecule has 0 aliphatic carbocycles. The summed E-state index contributed by atoms with van der Waals surface area (Å²) in [6.45, 7) is 3.64. The maximum Gasteiger partial charge on any atom is 0.238 e. The van der Waals surface area contributed by atoms with Crippen LogP contribution < -0.4 is 15.8 Å². The first-order valence-electron chi connectivity index (χ1n) is 6.74. The third-order valence-corrected chi connectivity index (χ3v) is 4.87. The summed E-state index contributed by atoms with van der Waals surface area (Å²) in [5, 5.41) is 12.3. The van der Waals surface area contributed by atoms with E-state index in [0.29, 0.717) is 21.4 Å². The molecule has 0 spiro atoms. The van der Waals surface area contributed by atoms with Gasteiger partial charge in [0, 0.05) is 21.4 Å². The number of nitrogens with one attached hydrogen (secondary N) is 2. The average Bonchev–Trinajstić information content (AvgIpc) is 2.41. The molecule has 0 saturated carbocycles. The van der Waals surface area contributed by atoms with Gasteiger partial charge in [-0.2, -0.15) is 0 Å². The van der Waals surface area contributed by atoms with Gasteiger partial charge in [0.1, 0.15) is 0 Å². The molecular formula is C15H15Cl2N3O2S2. The lowest BCUT2D eigenvalue weighted by Gasteiger charge is -2.15. The maximum atomic E-state index is 11.6. The molecule has 4 N–H and O–H groups in total. The second kappa shape index (κ2) is 7.25. The summed E-state index contributed by atoms with van der Waals surface area (Å²) in [5.74, 6) is 0. The highest BCUT2D eigenvalue weighted by molar-refractivity contribution is 7.89. The first kappa shape index (κ1) is 19.0. The van der Waals surface area contributed by atoms with E-state index in [4.69, 9.17) is 40.6 Å². The molecular weight excluding hydrogens is 389 g/mol. The summed E-state index contributed by atoms with van der Waals surface area (Å²) < 4.78 is 23.1. The van der Waals surface area contributed by atoms with Crippen LogP contribution in [0.15, 0.2) is 35.2 Å². The summed E-state index contributed by atoms with van der Waals surface area (Å²) in [6.07, 6.45) is 0. The Balaban J connectivity index is 2.27. The molecule has 0 aliphatic heterocycles. The van der Waals surface area contributed by atoms with Crippen molar-refractivity contribution in [2.45, 2.75) is 18.7 Å². The molecule has 0 amide bonds. The molecule has 0 aromatic heterocycles. The quantitative estimate of drug-likeness (QED) is 0.672. The minimum atomic E-state index is -3.81. The molecule has 9 heteroatoms. The minimum Gasteiger partial charge on any atom is -0.332 e. The van der Waals surface area contributed by atoms with Crippen molar-refractivity contribution < 1.29 is 8.42 Å². The lowest BCUT2D eigenvalue weighted by molar-refractivity contribution is 0.597. The smallest absolute Gasteiger partial charge is 0.238 e. The molecule has 2 aromatic rings. The van der Waals surface area contributed by atoms with Crippen LogP contribution in [0, 0.1) is 13.8 Å². The van der Waals surface area contributed by atoms with E-state index in [1.807, 2.05) is 6.92 Å². The molecule has 24 heavy (non-hydrogen) atoms. The van der Waals surface area contributed by atoms with Crippen molar-refractivity contribution >= 4 is 61.9 Å². The Hall–Kier alpha value is -1.38. The zero-order valence-corrected chi connectivity index (χ0v) is 16.0. The van der Waals surface area contributed by atoms with Crippen LogP contribution in [0.1, 0.15) is 11.1 Å². The van der Waals surface area contributed by atoms with E-state index in [1.165, 1.54) is 12.1 Å². The number of halogens is 2. The molecule has 2 rings (SSSR count). The predicted molar refractivity (Wildman–Crippen MR) is 104 cm³/mol. The number of hydrogen-bond donors (Lipinski definition) is 3. The summed E-state index contributed by atoms with van der Waals surface area (Å²) in [4.78, 5) is 0.0155. The molecule has 0 bridgehead atoms. The van der Waals surface area contributed by atoms with Crippen LogP contribution in [0.2, 0.25) is 10.0 Å². The average molecular weight is 404 g/mol. The van der Waals surface area contributed by atoms with Crippen molar-refractivity contribution in [3.63, 3.8) is 0 Å². The number of aryl methyl sites for hydroxylation is 1. The number of hydrogen-bond acceptors (Lipinski definition) is 3. The van der Waals surface area contributed by atoms with Gasteiger partial charge in [0.2, 0.25) is 10.0 Å². The van der Waals surface area contributed by atoms with Crippen molar-refractivity contribution in [2.75, 3.05) is 10.6 Å². The van der Waals surface area contributed by atoms with Gasteiger partial charge in [0.25, 0.3) is 0 Å². The van der Waals surface area contributed by atoms with Gasteiger partial charge >= 0.3 is 0 Å². The van der Waals surface area contributed by atoms with Gasteiger partial charge in [-0.05, 0) is 67.5 Å². The van der Waals surface area contributed by atoms with E-state index in [0.717, 1.165) is 11.1 Å². The second-order valence-corrected chi connectivity index (χ2v) is 8.04. The Kier molecular flexibility index (Phi) is 5.72. The molecule has 0 aliphatic rings. The number of sulfonamides is 1. The number of anilines is 2. The number of rotatable bonds is 3. The van der Waals surface area contributed by atoms with Gasteiger partial charge in [-0.25, -0.2) is 13.6 Å². The van der Waals surface area contributed by atoms with Crippen LogP contribution in [0.25, 0.3) is 0 Å². The normalized spacial score (nSPS) is 11.2. The topological polar surface area (TPSA) is 84.2 Å². The summed E-state index contributed by atoms with van der Waals surface area (Å²) in [5.41, 5.74) is 2.79. The van der Waals surface area contributed by atoms with Crippen LogP contribution in [0.5, 0.6) is 0 Å². The third-order valence-electron chi connectivity index (χ3n) is 3.34. The van der Waals surface area contributed by atoms with Crippen molar-refractivity contribution in [1.82, 2.24) is 0 Å². The van der Waals surface area contributed by atoms with Crippen molar-refractivity contribution in [3.8, 4) is 0 Å².